The van der Waals surface area contributed by atoms with Gasteiger partial charge in [-0.1, -0.05) is 34.6 Å². The van der Waals surface area contributed by atoms with E-state index >= 15 is 0 Å². The van der Waals surface area contributed by atoms with E-state index in [4.69, 9.17) is 11.5 Å². The molecule has 1 aromatic carbocycles. The summed E-state index contributed by atoms with van der Waals surface area (Å²) in [6, 6.07) is 7.86. The van der Waals surface area contributed by atoms with Crippen LogP contribution in [0, 0.1) is 0 Å². The second-order valence-electron chi connectivity index (χ2n) is 3.01. The van der Waals surface area contributed by atoms with Crippen molar-refractivity contribution < 1.29 is 0 Å². The Bertz CT molecular complexity index is 292. The molecule has 1 unspecified atom stereocenters. The van der Waals surface area contributed by atoms with Crippen LogP contribution in [-0.2, 0) is 6.42 Å². The topological polar surface area (TPSA) is 52.0 Å². The minimum Gasteiger partial charge on any atom is -0.401 e. The van der Waals surface area contributed by atoms with E-state index in [1.54, 1.807) is 0 Å². The average Bonchev–Trinajstić information content (AvgIpc) is 2.08. The summed E-state index contributed by atoms with van der Waals surface area (Å²) in [6.45, 7) is 3.61. The highest BCUT2D eigenvalue weighted by molar-refractivity contribution is 9.10. The normalized spacial score (nSPS) is 12.5. The quantitative estimate of drug-likeness (QED) is 0.847. The Hall–Kier alpha value is -0.800. The van der Waals surface area contributed by atoms with E-state index in [0.29, 0.717) is 5.70 Å². The van der Waals surface area contributed by atoms with Crippen molar-refractivity contribution >= 4 is 15.9 Å². The third kappa shape index (κ3) is 3.20. The zero-order valence-electron chi connectivity index (χ0n) is 7.33. The van der Waals surface area contributed by atoms with Crippen LogP contribution in [0.1, 0.15) is 5.56 Å². The SMILES string of the molecule is C=C(N)C(N)Cc1ccc(Br)cc1. The Morgan fingerprint density at radius 1 is 1.38 bits per heavy atom. The first-order valence-corrected chi connectivity index (χ1v) is 4.83. The molecule has 0 bridgehead atoms. The van der Waals surface area contributed by atoms with Crippen molar-refractivity contribution in [1.82, 2.24) is 0 Å². The number of nitrogens with two attached hydrogens (primary N) is 2. The number of rotatable bonds is 3. The van der Waals surface area contributed by atoms with Gasteiger partial charge >= 0.3 is 0 Å². The summed E-state index contributed by atoms with van der Waals surface area (Å²) in [6.07, 6.45) is 0.739. The van der Waals surface area contributed by atoms with Crippen molar-refractivity contribution in [2.75, 3.05) is 0 Å². The summed E-state index contributed by atoms with van der Waals surface area (Å²) in [5.74, 6) is 0. The van der Waals surface area contributed by atoms with Gasteiger partial charge in [-0.05, 0) is 24.1 Å². The van der Waals surface area contributed by atoms with Gasteiger partial charge in [-0.2, -0.15) is 0 Å². The molecule has 70 valence electrons. The average molecular weight is 241 g/mol. The van der Waals surface area contributed by atoms with Gasteiger partial charge in [0, 0.05) is 16.2 Å². The first-order chi connectivity index (χ1) is 6.09. The van der Waals surface area contributed by atoms with E-state index in [-0.39, 0.29) is 6.04 Å². The zero-order valence-corrected chi connectivity index (χ0v) is 8.92. The summed E-state index contributed by atoms with van der Waals surface area (Å²) in [4.78, 5) is 0. The second-order valence-corrected chi connectivity index (χ2v) is 3.93. The minimum atomic E-state index is -0.152. The second kappa shape index (κ2) is 4.44. The Balaban J connectivity index is 2.64. The third-order valence-electron chi connectivity index (χ3n) is 1.85. The van der Waals surface area contributed by atoms with Crippen LogP contribution < -0.4 is 11.5 Å². The van der Waals surface area contributed by atoms with Crippen LogP contribution >= 0.6 is 15.9 Å². The first-order valence-electron chi connectivity index (χ1n) is 4.04. The van der Waals surface area contributed by atoms with Gasteiger partial charge in [0.05, 0.1) is 0 Å². The third-order valence-corrected chi connectivity index (χ3v) is 2.37. The monoisotopic (exact) mass is 240 g/mol. The summed E-state index contributed by atoms with van der Waals surface area (Å²) in [7, 11) is 0. The summed E-state index contributed by atoms with van der Waals surface area (Å²) >= 11 is 3.37. The molecule has 13 heavy (non-hydrogen) atoms. The molecule has 0 saturated carbocycles. The van der Waals surface area contributed by atoms with Crippen LogP contribution in [0.4, 0.5) is 0 Å². The predicted molar refractivity (Wildman–Crippen MR) is 59.1 cm³/mol. The molecule has 1 rings (SSSR count). The summed E-state index contributed by atoms with van der Waals surface area (Å²) < 4.78 is 1.07. The largest absolute Gasteiger partial charge is 0.401 e. The molecule has 0 fully saturated rings. The molecular weight excluding hydrogens is 228 g/mol. The fourth-order valence-electron chi connectivity index (χ4n) is 1.01. The van der Waals surface area contributed by atoms with Gasteiger partial charge in [-0.3, -0.25) is 0 Å². The summed E-state index contributed by atoms with van der Waals surface area (Å²) in [5, 5.41) is 0. The van der Waals surface area contributed by atoms with Gasteiger partial charge in [-0.25, -0.2) is 0 Å². The number of hydrogen-bond donors (Lipinski definition) is 2. The van der Waals surface area contributed by atoms with Crippen LogP contribution in [0.15, 0.2) is 41.0 Å². The van der Waals surface area contributed by atoms with E-state index < -0.39 is 0 Å². The molecule has 0 spiro atoms. The first kappa shape index (κ1) is 10.3. The maximum absolute atomic E-state index is 5.75. The Morgan fingerprint density at radius 3 is 2.38 bits per heavy atom. The molecule has 0 amide bonds. The van der Waals surface area contributed by atoms with Crippen molar-refractivity contribution in [3.05, 3.63) is 46.6 Å². The molecule has 2 nitrogen and oxygen atoms in total. The number of hydrogen-bond acceptors (Lipinski definition) is 2. The van der Waals surface area contributed by atoms with E-state index in [0.717, 1.165) is 10.9 Å². The minimum absolute atomic E-state index is 0.152. The lowest BCUT2D eigenvalue weighted by Gasteiger charge is -2.10. The lowest BCUT2D eigenvalue weighted by Crippen LogP contribution is -2.28. The van der Waals surface area contributed by atoms with Crippen LogP contribution in [0.2, 0.25) is 0 Å². The zero-order chi connectivity index (χ0) is 9.84. The molecule has 0 aromatic heterocycles. The fourth-order valence-corrected chi connectivity index (χ4v) is 1.27. The van der Waals surface area contributed by atoms with Crippen LogP contribution in [0.3, 0.4) is 0 Å². The van der Waals surface area contributed by atoms with E-state index in [1.165, 1.54) is 5.56 Å². The highest BCUT2D eigenvalue weighted by Gasteiger charge is 2.04. The maximum Gasteiger partial charge on any atom is 0.0477 e. The van der Waals surface area contributed by atoms with Gasteiger partial charge in [0.1, 0.15) is 0 Å². The molecule has 1 atom stereocenters. The van der Waals surface area contributed by atoms with Gasteiger partial charge in [0.15, 0.2) is 0 Å². The van der Waals surface area contributed by atoms with Crippen molar-refractivity contribution in [2.45, 2.75) is 12.5 Å². The molecule has 0 saturated heterocycles. The Morgan fingerprint density at radius 2 is 1.92 bits per heavy atom. The van der Waals surface area contributed by atoms with Gasteiger partial charge in [-0.15, -0.1) is 0 Å². The highest BCUT2D eigenvalue weighted by atomic mass is 79.9. The lowest BCUT2D eigenvalue weighted by atomic mass is 10.1. The van der Waals surface area contributed by atoms with E-state index in [2.05, 4.69) is 22.5 Å². The number of benzene rings is 1. The fraction of sp³-hybridized carbons (Fsp3) is 0.200. The molecule has 0 aliphatic rings. The van der Waals surface area contributed by atoms with Crippen LogP contribution in [-0.4, -0.2) is 6.04 Å². The molecule has 3 heteroatoms. The van der Waals surface area contributed by atoms with Crippen molar-refractivity contribution in [2.24, 2.45) is 11.5 Å². The molecule has 4 N–H and O–H groups in total. The predicted octanol–water partition coefficient (Wildman–Crippen LogP) is 1.79. The number of halogens is 1. The van der Waals surface area contributed by atoms with E-state index in [9.17, 15) is 0 Å². The molecule has 1 aromatic rings. The molecule has 0 aliphatic carbocycles. The Kier molecular flexibility index (Phi) is 3.51. The molecule has 0 aliphatic heterocycles. The smallest absolute Gasteiger partial charge is 0.0477 e. The summed E-state index contributed by atoms with van der Waals surface area (Å²) in [5.41, 5.74) is 12.9. The van der Waals surface area contributed by atoms with Crippen molar-refractivity contribution in [1.29, 1.82) is 0 Å². The Labute approximate surface area is 86.7 Å². The van der Waals surface area contributed by atoms with Crippen LogP contribution in [0.5, 0.6) is 0 Å². The van der Waals surface area contributed by atoms with Gasteiger partial charge < -0.3 is 11.5 Å². The van der Waals surface area contributed by atoms with Crippen LogP contribution in [0.25, 0.3) is 0 Å². The van der Waals surface area contributed by atoms with E-state index in [1.807, 2.05) is 24.3 Å². The maximum atomic E-state index is 5.75. The molecular formula is C10H13BrN2. The highest BCUT2D eigenvalue weighted by Crippen LogP contribution is 2.12. The standard InChI is InChI=1S/C10H13BrN2/c1-7(12)10(13)6-8-2-4-9(11)5-3-8/h2-5,10H,1,6,12-13H2. The van der Waals surface area contributed by atoms with Crippen molar-refractivity contribution in [3.63, 3.8) is 0 Å². The molecule has 0 heterocycles. The lowest BCUT2D eigenvalue weighted by molar-refractivity contribution is 0.757. The van der Waals surface area contributed by atoms with Gasteiger partial charge in [0.25, 0.3) is 0 Å². The van der Waals surface area contributed by atoms with Crippen molar-refractivity contribution in [3.8, 4) is 0 Å². The van der Waals surface area contributed by atoms with Gasteiger partial charge in [0.2, 0.25) is 0 Å². The molecule has 0 radical (unpaired) electrons.